The van der Waals surface area contributed by atoms with Gasteiger partial charge < -0.3 is 19.3 Å². The highest BCUT2D eigenvalue weighted by Gasteiger charge is 2.29. The van der Waals surface area contributed by atoms with Crippen molar-refractivity contribution in [3.8, 4) is 11.4 Å². The lowest BCUT2D eigenvalue weighted by Crippen LogP contribution is -3.12. The molecule has 2 fully saturated rings. The molecule has 1 aromatic heterocycles. The van der Waals surface area contributed by atoms with Crippen molar-refractivity contribution in [3.63, 3.8) is 0 Å². The molecule has 168 valence electrons. The SMILES string of the molecule is COc1ccc(-n2c(SCC(=O)N3CCOCC3)nnc2[C@H](C)[NH+]2CCCCC2)cc1. The summed E-state index contributed by atoms with van der Waals surface area (Å²) in [5.74, 6) is 2.22. The smallest absolute Gasteiger partial charge is 0.233 e. The van der Waals surface area contributed by atoms with Crippen LogP contribution in [0.25, 0.3) is 5.69 Å². The van der Waals surface area contributed by atoms with Crippen molar-refractivity contribution < 1.29 is 19.2 Å². The van der Waals surface area contributed by atoms with Gasteiger partial charge in [-0.2, -0.15) is 0 Å². The van der Waals surface area contributed by atoms with E-state index in [2.05, 4.69) is 21.7 Å². The summed E-state index contributed by atoms with van der Waals surface area (Å²) in [7, 11) is 1.67. The van der Waals surface area contributed by atoms with Crippen molar-refractivity contribution in [1.29, 1.82) is 0 Å². The number of aromatic nitrogens is 3. The van der Waals surface area contributed by atoms with Gasteiger partial charge in [-0.05, 0) is 50.5 Å². The van der Waals surface area contributed by atoms with Crippen LogP contribution in [0.3, 0.4) is 0 Å². The Hall–Kier alpha value is -2.10. The standard InChI is InChI=1S/C22H31N5O3S/c1-17(25-10-4-3-5-11-25)21-23-24-22(27(21)18-6-8-19(29-2)9-7-18)31-16-20(28)26-12-14-30-15-13-26/h6-9,17H,3-5,10-16H2,1-2H3/p+1/t17-/m0/s1. The molecule has 2 aliphatic heterocycles. The number of hydrogen-bond acceptors (Lipinski definition) is 6. The summed E-state index contributed by atoms with van der Waals surface area (Å²) in [6, 6.07) is 8.19. The van der Waals surface area contributed by atoms with Crippen LogP contribution in [-0.4, -0.2) is 77.8 Å². The molecule has 1 amide bonds. The Morgan fingerprint density at radius 2 is 1.87 bits per heavy atom. The monoisotopic (exact) mass is 446 g/mol. The fourth-order valence-corrected chi connectivity index (χ4v) is 5.14. The molecule has 2 aliphatic rings. The molecule has 0 saturated carbocycles. The summed E-state index contributed by atoms with van der Waals surface area (Å²) in [5.41, 5.74) is 0.991. The van der Waals surface area contributed by atoms with Gasteiger partial charge in [-0.15, -0.1) is 10.2 Å². The number of morpholine rings is 1. The Balaban J connectivity index is 1.57. The molecule has 4 rings (SSSR count). The lowest BCUT2D eigenvalue weighted by molar-refractivity contribution is -0.935. The zero-order valence-corrected chi connectivity index (χ0v) is 19.2. The fraction of sp³-hybridized carbons (Fsp3) is 0.591. The average molecular weight is 447 g/mol. The summed E-state index contributed by atoms with van der Waals surface area (Å²) in [6.07, 6.45) is 3.82. The number of rotatable bonds is 7. The lowest BCUT2D eigenvalue weighted by Gasteiger charge is -2.29. The van der Waals surface area contributed by atoms with Crippen LogP contribution in [0.15, 0.2) is 29.4 Å². The van der Waals surface area contributed by atoms with Crippen molar-refractivity contribution in [1.82, 2.24) is 19.7 Å². The minimum atomic E-state index is 0.119. The van der Waals surface area contributed by atoms with E-state index in [4.69, 9.17) is 9.47 Å². The van der Waals surface area contributed by atoms with Crippen LogP contribution in [0.5, 0.6) is 5.75 Å². The molecular weight excluding hydrogens is 414 g/mol. The van der Waals surface area contributed by atoms with E-state index in [1.54, 1.807) is 12.0 Å². The largest absolute Gasteiger partial charge is 0.497 e. The molecule has 0 unspecified atom stereocenters. The maximum Gasteiger partial charge on any atom is 0.233 e. The third-order valence-corrected chi connectivity index (χ3v) is 7.09. The van der Waals surface area contributed by atoms with E-state index < -0.39 is 0 Å². The van der Waals surface area contributed by atoms with Gasteiger partial charge in [0.2, 0.25) is 5.91 Å². The number of thioether (sulfide) groups is 1. The number of methoxy groups -OCH3 is 1. The van der Waals surface area contributed by atoms with E-state index in [0.29, 0.717) is 32.1 Å². The second-order valence-electron chi connectivity index (χ2n) is 8.10. The Morgan fingerprint density at radius 3 is 2.55 bits per heavy atom. The zero-order chi connectivity index (χ0) is 21.6. The highest BCUT2D eigenvalue weighted by molar-refractivity contribution is 7.99. The molecule has 1 atom stereocenters. The van der Waals surface area contributed by atoms with Crippen LogP contribution in [0.1, 0.15) is 38.1 Å². The highest BCUT2D eigenvalue weighted by Crippen LogP contribution is 2.26. The van der Waals surface area contributed by atoms with Crippen LogP contribution in [0.2, 0.25) is 0 Å². The van der Waals surface area contributed by atoms with Crippen LogP contribution in [0.4, 0.5) is 0 Å². The average Bonchev–Trinajstić information content (AvgIpc) is 3.27. The molecule has 1 N–H and O–H groups in total. The maximum atomic E-state index is 12.7. The molecule has 0 aliphatic carbocycles. The van der Waals surface area contributed by atoms with Gasteiger partial charge >= 0.3 is 0 Å². The van der Waals surface area contributed by atoms with E-state index in [0.717, 1.165) is 35.5 Å². The van der Waals surface area contributed by atoms with E-state index in [1.807, 2.05) is 29.2 Å². The number of quaternary nitrogens is 1. The first-order valence-corrected chi connectivity index (χ1v) is 12.1. The second-order valence-corrected chi connectivity index (χ2v) is 9.04. The van der Waals surface area contributed by atoms with Gasteiger partial charge in [0, 0.05) is 18.8 Å². The zero-order valence-electron chi connectivity index (χ0n) is 18.4. The molecule has 2 aromatic rings. The number of likely N-dealkylation sites (tertiary alicyclic amines) is 1. The third-order valence-electron chi connectivity index (χ3n) is 6.17. The highest BCUT2D eigenvalue weighted by atomic mass is 32.2. The van der Waals surface area contributed by atoms with E-state index >= 15 is 0 Å². The molecule has 0 spiro atoms. The van der Waals surface area contributed by atoms with E-state index in [9.17, 15) is 4.79 Å². The quantitative estimate of drug-likeness (QED) is 0.648. The van der Waals surface area contributed by atoms with Crippen LogP contribution >= 0.6 is 11.8 Å². The number of nitrogens with one attached hydrogen (secondary N) is 1. The maximum absolute atomic E-state index is 12.7. The predicted octanol–water partition coefficient (Wildman–Crippen LogP) is 1.36. The molecular formula is C22H32N5O3S+. The normalized spacial score (nSPS) is 18.7. The fourth-order valence-electron chi connectivity index (χ4n) is 4.28. The summed E-state index contributed by atoms with van der Waals surface area (Å²) < 4.78 is 12.8. The van der Waals surface area contributed by atoms with Gasteiger partial charge in [0.1, 0.15) is 11.8 Å². The van der Waals surface area contributed by atoms with Gasteiger partial charge in [0.25, 0.3) is 0 Å². The van der Waals surface area contributed by atoms with Crippen molar-refractivity contribution in [3.05, 3.63) is 30.1 Å². The summed E-state index contributed by atoms with van der Waals surface area (Å²) in [6.45, 7) is 7.09. The molecule has 9 heteroatoms. The van der Waals surface area contributed by atoms with E-state index in [1.165, 1.54) is 31.0 Å². The Morgan fingerprint density at radius 1 is 1.16 bits per heavy atom. The molecule has 1 aromatic carbocycles. The summed E-state index contributed by atoms with van der Waals surface area (Å²) >= 11 is 1.46. The second kappa shape index (κ2) is 10.5. The van der Waals surface area contributed by atoms with Gasteiger partial charge in [0.05, 0.1) is 39.2 Å². The molecule has 31 heavy (non-hydrogen) atoms. The number of amides is 1. The van der Waals surface area contributed by atoms with Gasteiger partial charge in [-0.25, -0.2) is 0 Å². The Labute approximate surface area is 187 Å². The first-order chi connectivity index (χ1) is 15.2. The molecule has 3 heterocycles. The topological polar surface area (TPSA) is 73.9 Å². The van der Waals surface area contributed by atoms with E-state index in [-0.39, 0.29) is 11.9 Å². The number of ether oxygens (including phenoxy) is 2. The van der Waals surface area contributed by atoms with Gasteiger partial charge in [0.15, 0.2) is 11.0 Å². The van der Waals surface area contributed by atoms with Crippen molar-refractivity contribution in [2.24, 2.45) is 0 Å². The number of carbonyl (C=O) groups is 1. The lowest BCUT2D eigenvalue weighted by atomic mass is 10.1. The van der Waals surface area contributed by atoms with Gasteiger partial charge in [-0.1, -0.05) is 11.8 Å². The van der Waals surface area contributed by atoms with Crippen LogP contribution < -0.4 is 9.64 Å². The minimum Gasteiger partial charge on any atom is -0.497 e. The summed E-state index contributed by atoms with van der Waals surface area (Å²) in [4.78, 5) is 16.1. The molecule has 8 nitrogen and oxygen atoms in total. The third kappa shape index (κ3) is 5.22. The van der Waals surface area contributed by atoms with Crippen molar-refractivity contribution in [2.75, 3.05) is 52.3 Å². The van der Waals surface area contributed by atoms with Crippen molar-refractivity contribution in [2.45, 2.75) is 37.4 Å². The Kier molecular flexibility index (Phi) is 7.47. The molecule has 2 saturated heterocycles. The number of hydrogen-bond donors (Lipinski definition) is 1. The number of piperidine rings is 1. The Bertz CT molecular complexity index is 861. The first-order valence-electron chi connectivity index (χ1n) is 11.1. The van der Waals surface area contributed by atoms with Gasteiger partial charge in [-0.3, -0.25) is 9.36 Å². The predicted molar refractivity (Wildman–Crippen MR) is 119 cm³/mol. The summed E-state index contributed by atoms with van der Waals surface area (Å²) in [5, 5.41) is 9.85. The van der Waals surface area contributed by atoms with Crippen LogP contribution in [0, 0.1) is 0 Å². The molecule has 0 bridgehead atoms. The van der Waals surface area contributed by atoms with Crippen molar-refractivity contribution >= 4 is 17.7 Å². The number of carbonyl (C=O) groups excluding carboxylic acids is 1. The van der Waals surface area contributed by atoms with Crippen LogP contribution in [-0.2, 0) is 9.53 Å². The number of benzene rings is 1. The first kappa shape index (κ1) is 22.1. The number of nitrogens with zero attached hydrogens (tertiary/aromatic N) is 4. The minimum absolute atomic E-state index is 0.119. The molecule has 0 radical (unpaired) electrons.